The summed E-state index contributed by atoms with van der Waals surface area (Å²) in [6.07, 6.45) is 2.35. The largest absolute Gasteiger partial charge is 0.493 e. The van der Waals surface area contributed by atoms with Gasteiger partial charge in [-0.1, -0.05) is 32.0 Å². The molecule has 0 aliphatic heterocycles. The Morgan fingerprint density at radius 2 is 1.58 bits per heavy atom. The number of thiophene rings is 1. The normalized spacial score (nSPS) is 10.7. The van der Waals surface area contributed by atoms with Crippen LogP contribution < -0.4 is 14.8 Å². The molecule has 7 nitrogen and oxygen atoms in total. The minimum Gasteiger partial charge on any atom is -0.493 e. The molecule has 0 saturated carbocycles. The first-order valence-electron chi connectivity index (χ1n) is 13.1. The standard InChI is InChI=1S/C30H39N3O4S/c1-6-17-33(30(35)31-25-12-9-23(7-2)10-13-25)21-29(34)32(20-26-14-8-22(3)38-26)18-16-24-11-15-27(36-4)28(19-24)37-5/h8-15,19H,6-7,16-18,20-21H2,1-5H3,(H,31,35). The number of nitrogens with zero attached hydrogens (tertiary/aromatic N) is 2. The van der Waals surface area contributed by atoms with Crippen LogP contribution >= 0.6 is 11.3 Å². The summed E-state index contributed by atoms with van der Waals surface area (Å²) in [5, 5.41) is 2.95. The van der Waals surface area contributed by atoms with Crippen LogP contribution in [0.2, 0.25) is 0 Å². The number of carbonyl (C=O) groups excluding carboxylic acids is 2. The Bertz CT molecular complexity index is 1190. The Labute approximate surface area is 230 Å². The summed E-state index contributed by atoms with van der Waals surface area (Å²) in [5.41, 5.74) is 2.97. The average Bonchev–Trinajstić information content (AvgIpc) is 3.35. The molecule has 38 heavy (non-hydrogen) atoms. The molecule has 1 aromatic heterocycles. The minimum atomic E-state index is -0.267. The fraction of sp³-hybridized carbons (Fsp3) is 0.400. The van der Waals surface area contributed by atoms with Gasteiger partial charge in [0.2, 0.25) is 5.91 Å². The molecule has 0 aliphatic rings. The van der Waals surface area contributed by atoms with E-state index in [1.807, 2.05) is 54.3 Å². The molecular formula is C30H39N3O4S. The van der Waals surface area contributed by atoms with Crippen LogP contribution in [-0.2, 0) is 24.2 Å². The summed E-state index contributed by atoms with van der Waals surface area (Å²) >= 11 is 1.68. The van der Waals surface area contributed by atoms with Crippen molar-refractivity contribution in [1.29, 1.82) is 0 Å². The Hall–Kier alpha value is -3.52. The molecule has 0 aliphatic carbocycles. The number of methoxy groups -OCH3 is 2. The Morgan fingerprint density at radius 3 is 2.18 bits per heavy atom. The van der Waals surface area contributed by atoms with E-state index in [-0.39, 0.29) is 18.5 Å². The van der Waals surface area contributed by atoms with Gasteiger partial charge in [0.05, 0.1) is 20.8 Å². The fourth-order valence-electron chi connectivity index (χ4n) is 4.16. The summed E-state index contributed by atoms with van der Waals surface area (Å²) < 4.78 is 10.8. The molecule has 2 aromatic carbocycles. The lowest BCUT2D eigenvalue weighted by Gasteiger charge is -2.27. The van der Waals surface area contributed by atoms with Gasteiger partial charge in [0.25, 0.3) is 0 Å². The molecule has 3 amide bonds. The Morgan fingerprint density at radius 1 is 0.868 bits per heavy atom. The number of benzene rings is 2. The Kier molecular flexibility index (Phi) is 11.0. The van der Waals surface area contributed by atoms with Crippen molar-refractivity contribution < 1.29 is 19.1 Å². The van der Waals surface area contributed by atoms with Gasteiger partial charge in [0.1, 0.15) is 6.54 Å². The van der Waals surface area contributed by atoms with Gasteiger partial charge < -0.3 is 24.6 Å². The highest BCUT2D eigenvalue weighted by molar-refractivity contribution is 7.11. The van der Waals surface area contributed by atoms with Crippen LogP contribution in [0.3, 0.4) is 0 Å². The van der Waals surface area contributed by atoms with E-state index in [1.54, 1.807) is 30.5 Å². The lowest BCUT2D eigenvalue weighted by atomic mass is 10.1. The topological polar surface area (TPSA) is 71.1 Å². The summed E-state index contributed by atoms with van der Waals surface area (Å²) in [4.78, 5) is 32.5. The van der Waals surface area contributed by atoms with Crippen LogP contribution in [0.4, 0.5) is 10.5 Å². The van der Waals surface area contributed by atoms with Gasteiger partial charge in [-0.3, -0.25) is 4.79 Å². The number of rotatable bonds is 13. The second-order valence-electron chi connectivity index (χ2n) is 9.17. The fourth-order valence-corrected chi connectivity index (χ4v) is 5.07. The predicted molar refractivity (Wildman–Crippen MR) is 154 cm³/mol. The smallest absolute Gasteiger partial charge is 0.322 e. The van der Waals surface area contributed by atoms with E-state index >= 15 is 0 Å². The Balaban J connectivity index is 1.73. The number of amides is 3. The summed E-state index contributed by atoms with van der Waals surface area (Å²) in [6, 6.07) is 17.5. The van der Waals surface area contributed by atoms with Crippen LogP contribution in [0.1, 0.15) is 41.1 Å². The molecule has 0 bridgehead atoms. The van der Waals surface area contributed by atoms with Crippen molar-refractivity contribution in [3.05, 3.63) is 75.5 Å². The molecule has 0 atom stereocenters. The van der Waals surface area contributed by atoms with Gasteiger partial charge >= 0.3 is 6.03 Å². The van der Waals surface area contributed by atoms with Gasteiger partial charge in [-0.05, 0) is 73.7 Å². The number of ether oxygens (including phenoxy) is 2. The van der Waals surface area contributed by atoms with E-state index < -0.39 is 0 Å². The van der Waals surface area contributed by atoms with Gasteiger partial charge in [-0.2, -0.15) is 0 Å². The van der Waals surface area contributed by atoms with Crippen molar-refractivity contribution in [3.8, 4) is 11.5 Å². The number of hydrogen-bond donors (Lipinski definition) is 1. The predicted octanol–water partition coefficient (Wildman–Crippen LogP) is 6.15. The quantitative estimate of drug-likeness (QED) is 0.284. The molecule has 0 unspecified atom stereocenters. The number of carbonyl (C=O) groups is 2. The van der Waals surface area contributed by atoms with Crippen molar-refractivity contribution in [2.75, 3.05) is 39.2 Å². The molecule has 0 saturated heterocycles. The van der Waals surface area contributed by atoms with E-state index in [4.69, 9.17) is 9.47 Å². The first-order chi connectivity index (χ1) is 18.4. The third kappa shape index (κ3) is 8.25. The van der Waals surface area contributed by atoms with Crippen LogP contribution in [0.25, 0.3) is 0 Å². The third-order valence-corrected chi connectivity index (χ3v) is 7.32. The number of aryl methyl sites for hydroxylation is 2. The first-order valence-corrected chi connectivity index (χ1v) is 13.9. The van der Waals surface area contributed by atoms with Crippen molar-refractivity contribution in [2.45, 2.75) is 46.6 Å². The third-order valence-electron chi connectivity index (χ3n) is 6.33. The highest BCUT2D eigenvalue weighted by Gasteiger charge is 2.22. The van der Waals surface area contributed by atoms with Crippen molar-refractivity contribution in [2.24, 2.45) is 0 Å². The summed E-state index contributed by atoms with van der Waals surface area (Å²) in [6.45, 7) is 7.69. The number of nitrogens with one attached hydrogen (secondary N) is 1. The molecule has 3 aromatic rings. The van der Waals surface area contributed by atoms with Crippen LogP contribution in [0, 0.1) is 6.92 Å². The summed E-state index contributed by atoms with van der Waals surface area (Å²) in [5.74, 6) is 1.25. The highest BCUT2D eigenvalue weighted by Crippen LogP contribution is 2.28. The highest BCUT2D eigenvalue weighted by atomic mass is 32.1. The second-order valence-corrected chi connectivity index (χ2v) is 10.5. The van der Waals surface area contributed by atoms with Gasteiger partial charge in [0, 0.05) is 28.5 Å². The minimum absolute atomic E-state index is 0.0169. The zero-order valence-corrected chi connectivity index (χ0v) is 23.9. The molecule has 8 heteroatoms. The monoisotopic (exact) mass is 537 g/mol. The van der Waals surface area contributed by atoms with Crippen molar-refractivity contribution >= 4 is 29.0 Å². The lowest BCUT2D eigenvalue weighted by Crippen LogP contribution is -2.45. The molecule has 1 heterocycles. The van der Waals surface area contributed by atoms with Crippen molar-refractivity contribution in [3.63, 3.8) is 0 Å². The maximum Gasteiger partial charge on any atom is 0.322 e. The molecule has 3 rings (SSSR count). The number of anilines is 1. The van der Waals surface area contributed by atoms with E-state index in [0.29, 0.717) is 37.6 Å². The molecule has 1 N–H and O–H groups in total. The number of hydrogen-bond acceptors (Lipinski definition) is 5. The maximum atomic E-state index is 13.6. The van der Waals surface area contributed by atoms with Crippen LogP contribution in [-0.4, -0.2) is 55.6 Å². The van der Waals surface area contributed by atoms with Gasteiger partial charge in [-0.15, -0.1) is 11.3 Å². The molecule has 0 fully saturated rings. The van der Waals surface area contributed by atoms with Crippen LogP contribution in [0.5, 0.6) is 11.5 Å². The molecule has 0 spiro atoms. The van der Waals surface area contributed by atoms with Gasteiger partial charge in [-0.25, -0.2) is 4.79 Å². The maximum absolute atomic E-state index is 13.6. The SMILES string of the molecule is CCCN(CC(=O)N(CCc1ccc(OC)c(OC)c1)Cc1ccc(C)s1)C(=O)Nc1ccc(CC)cc1. The summed E-state index contributed by atoms with van der Waals surface area (Å²) in [7, 11) is 3.22. The number of urea groups is 1. The van der Waals surface area contributed by atoms with Crippen LogP contribution in [0.15, 0.2) is 54.6 Å². The van der Waals surface area contributed by atoms with E-state index in [0.717, 1.165) is 29.0 Å². The zero-order chi connectivity index (χ0) is 27.5. The molecule has 0 radical (unpaired) electrons. The lowest BCUT2D eigenvalue weighted by molar-refractivity contribution is -0.132. The van der Waals surface area contributed by atoms with Crippen molar-refractivity contribution in [1.82, 2.24) is 9.80 Å². The van der Waals surface area contributed by atoms with Gasteiger partial charge in [0.15, 0.2) is 11.5 Å². The van der Waals surface area contributed by atoms with E-state index in [9.17, 15) is 9.59 Å². The van der Waals surface area contributed by atoms with E-state index in [2.05, 4.69) is 31.3 Å². The first kappa shape index (κ1) is 29.0. The van der Waals surface area contributed by atoms with E-state index in [1.165, 1.54) is 10.4 Å². The second kappa shape index (κ2) is 14.4. The molecule has 204 valence electrons. The average molecular weight is 538 g/mol. The molecular weight excluding hydrogens is 498 g/mol. The zero-order valence-electron chi connectivity index (χ0n) is 23.1.